The first-order chi connectivity index (χ1) is 10.1. The lowest BCUT2D eigenvalue weighted by Crippen LogP contribution is -2.42. The molecule has 0 N–H and O–H groups in total. The Kier molecular flexibility index (Phi) is 4.03. The van der Waals surface area contributed by atoms with E-state index in [0.717, 1.165) is 31.4 Å². The molecule has 2 heterocycles. The van der Waals surface area contributed by atoms with E-state index < -0.39 is 10.0 Å². The third-order valence-electron chi connectivity index (χ3n) is 3.97. The third-order valence-corrected chi connectivity index (χ3v) is 6.59. The van der Waals surface area contributed by atoms with Gasteiger partial charge in [0.1, 0.15) is 0 Å². The number of anilines is 1. The molecule has 1 aliphatic rings. The Hall–Kier alpha value is -1.34. The zero-order chi connectivity index (χ0) is 14.9. The molecule has 5 nitrogen and oxygen atoms in total. The first kappa shape index (κ1) is 14.6. The Labute approximate surface area is 129 Å². The molecular formula is C14H19N3O2S2. The zero-order valence-corrected chi connectivity index (χ0v) is 13.6. The SMILES string of the molecule is Cn1nccc1S(=O)(=O)N(c1ccsc1)C1CCCCC1. The predicted molar refractivity (Wildman–Crippen MR) is 84.1 cm³/mol. The Balaban J connectivity index is 2.05. The van der Waals surface area contributed by atoms with Crippen LogP contribution in [0.25, 0.3) is 0 Å². The van der Waals surface area contributed by atoms with Gasteiger partial charge in [-0.2, -0.15) is 24.9 Å². The molecule has 2 aromatic heterocycles. The van der Waals surface area contributed by atoms with Crippen molar-refractivity contribution in [2.45, 2.75) is 43.2 Å². The van der Waals surface area contributed by atoms with E-state index in [1.165, 1.54) is 28.6 Å². The molecule has 3 rings (SSSR count). The standard InChI is InChI=1S/C14H19N3O2S2/c1-16-14(7-9-15-16)21(18,19)17(13-8-10-20-11-13)12-5-3-2-4-6-12/h7-12H,2-6H2,1H3. The van der Waals surface area contributed by atoms with Crippen LogP contribution < -0.4 is 4.31 Å². The van der Waals surface area contributed by atoms with Crippen LogP contribution in [-0.4, -0.2) is 24.2 Å². The minimum absolute atomic E-state index is 0.0493. The minimum Gasteiger partial charge on any atom is -0.261 e. The van der Waals surface area contributed by atoms with Gasteiger partial charge in [-0.1, -0.05) is 19.3 Å². The van der Waals surface area contributed by atoms with E-state index in [1.54, 1.807) is 17.4 Å². The fraction of sp³-hybridized carbons (Fsp3) is 0.500. The third kappa shape index (κ3) is 2.72. The fourth-order valence-corrected chi connectivity index (χ4v) is 5.46. The first-order valence-corrected chi connectivity index (χ1v) is 9.53. The molecule has 2 aromatic rings. The molecule has 1 fully saturated rings. The van der Waals surface area contributed by atoms with Gasteiger partial charge in [-0.05, 0) is 30.4 Å². The van der Waals surface area contributed by atoms with E-state index in [4.69, 9.17) is 0 Å². The average Bonchev–Trinajstić information content (AvgIpc) is 3.12. The van der Waals surface area contributed by atoms with Crippen molar-refractivity contribution in [1.29, 1.82) is 0 Å². The Morgan fingerprint density at radius 2 is 2.05 bits per heavy atom. The number of thiophene rings is 1. The van der Waals surface area contributed by atoms with Crippen molar-refractivity contribution in [2.24, 2.45) is 7.05 Å². The van der Waals surface area contributed by atoms with Crippen LogP contribution in [0.2, 0.25) is 0 Å². The molecule has 0 unspecified atom stereocenters. The van der Waals surface area contributed by atoms with Crippen LogP contribution in [0.4, 0.5) is 5.69 Å². The van der Waals surface area contributed by atoms with Gasteiger partial charge in [-0.15, -0.1) is 0 Å². The zero-order valence-electron chi connectivity index (χ0n) is 12.0. The molecule has 7 heteroatoms. The number of hydrogen-bond donors (Lipinski definition) is 0. The molecule has 0 saturated heterocycles. The topological polar surface area (TPSA) is 55.2 Å². The molecular weight excluding hydrogens is 306 g/mol. The summed E-state index contributed by atoms with van der Waals surface area (Å²) >= 11 is 1.52. The maximum absolute atomic E-state index is 13.1. The van der Waals surface area contributed by atoms with Gasteiger partial charge >= 0.3 is 0 Å². The van der Waals surface area contributed by atoms with Crippen molar-refractivity contribution in [2.75, 3.05) is 4.31 Å². The Morgan fingerprint density at radius 1 is 1.29 bits per heavy atom. The molecule has 0 amide bonds. The van der Waals surface area contributed by atoms with Crippen molar-refractivity contribution in [3.8, 4) is 0 Å². The van der Waals surface area contributed by atoms with Crippen LogP contribution in [-0.2, 0) is 17.1 Å². The quantitative estimate of drug-likeness (QED) is 0.868. The molecule has 0 aliphatic heterocycles. The number of rotatable bonds is 4. The van der Waals surface area contributed by atoms with E-state index >= 15 is 0 Å². The largest absolute Gasteiger partial charge is 0.281 e. The molecule has 0 atom stereocenters. The van der Waals surface area contributed by atoms with Crippen molar-refractivity contribution >= 4 is 27.0 Å². The van der Waals surface area contributed by atoms with Gasteiger partial charge in [0, 0.05) is 18.5 Å². The van der Waals surface area contributed by atoms with Crippen LogP contribution in [0, 0.1) is 0 Å². The summed E-state index contributed by atoms with van der Waals surface area (Å²) in [5.41, 5.74) is 0.771. The van der Waals surface area contributed by atoms with E-state index in [0.29, 0.717) is 0 Å². The van der Waals surface area contributed by atoms with E-state index in [9.17, 15) is 8.42 Å². The normalized spacial score (nSPS) is 17.0. The second-order valence-electron chi connectivity index (χ2n) is 5.37. The summed E-state index contributed by atoms with van der Waals surface area (Å²) in [5.74, 6) is 0. The average molecular weight is 325 g/mol. The summed E-state index contributed by atoms with van der Waals surface area (Å²) in [7, 11) is -1.90. The second kappa shape index (κ2) is 5.81. The smallest absolute Gasteiger partial charge is 0.261 e. The fourth-order valence-electron chi connectivity index (χ4n) is 2.96. The van der Waals surface area contributed by atoms with Crippen LogP contribution in [0.5, 0.6) is 0 Å². The van der Waals surface area contributed by atoms with Gasteiger partial charge in [0.2, 0.25) is 0 Å². The van der Waals surface area contributed by atoms with E-state index in [1.807, 2.05) is 16.8 Å². The maximum atomic E-state index is 13.1. The van der Waals surface area contributed by atoms with Gasteiger partial charge in [0.05, 0.1) is 11.9 Å². The Bertz CT molecular complexity index is 686. The number of aryl methyl sites for hydroxylation is 1. The maximum Gasteiger partial charge on any atom is 0.281 e. The van der Waals surface area contributed by atoms with E-state index in [2.05, 4.69) is 5.10 Å². The molecule has 0 spiro atoms. The van der Waals surface area contributed by atoms with Crippen molar-refractivity contribution in [3.05, 3.63) is 29.1 Å². The molecule has 1 aliphatic carbocycles. The minimum atomic E-state index is -3.57. The van der Waals surface area contributed by atoms with E-state index in [-0.39, 0.29) is 11.1 Å². The molecule has 21 heavy (non-hydrogen) atoms. The highest BCUT2D eigenvalue weighted by molar-refractivity contribution is 7.92. The number of hydrogen-bond acceptors (Lipinski definition) is 4. The van der Waals surface area contributed by atoms with Crippen molar-refractivity contribution in [1.82, 2.24) is 9.78 Å². The molecule has 0 aromatic carbocycles. The van der Waals surface area contributed by atoms with Crippen LogP contribution in [0.3, 0.4) is 0 Å². The lowest BCUT2D eigenvalue weighted by molar-refractivity contribution is 0.437. The summed E-state index contributed by atoms with van der Waals surface area (Å²) in [5, 5.41) is 8.08. The van der Waals surface area contributed by atoms with Crippen molar-refractivity contribution in [3.63, 3.8) is 0 Å². The predicted octanol–water partition coefficient (Wildman–Crippen LogP) is 3.01. The number of nitrogens with zero attached hydrogens (tertiary/aromatic N) is 3. The number of sulfonamides is 1. The first-order valence-electron chi connectivity index (χ1n) is 7.15. The summed E-state index contributed by atoms with van der Waals surface area (Å²) in [4.78, 5) is 0. The molecule has 0 bridgehead atoms. The highest BCUT2D eigenvalue weighted by Crippen LogP contribution is 2.33. The lowest BCUT2D eigenvalue weighted by Gasteiger charge is -2.34. The highest BCUT2D eigenvalue weighted by atomic mass is 32.2. The van der Waals surface area contributed by atoms with Crippen molar-refractivity contribution < 1.29 is 8.42 Å². The molecule has 0 radical (unpaired) electrons. The summed E-state index contributed by atoms with van der Waals surface area (Å²) < 4.78 is 29.2. The lowest BCUT2D eigenvalue weighted by atomic mass is 9.95. The van der Waals surface area contributed by atoms with Gasteiger partial charge in [0.25, 0.3) is 10.0 Å². The summed E-state index contributed by atoms with van der Waals surface area (Å²) in [6, 6.07) is 3.50. The number of aromatic nitrogens is 2. The summed E-state index contributed by atoms with van der Waals surface area (Å²) in [6.07, 6.45) is 6.75. The Morgan fingerprint density at radius 3 is 2.62 bits per heavy atom. The monoisotopic (exact) mass is 325 g/mol. The molecule has 114 valence electrons. The van der Waals surface area contributed by atoms with Gasteiger partial charge in [0.15, 0.2) is 5.03 Å². The van der Waals surface area contributed by atoms with Crippen LogP contribution in [0.15, 0.2) is 34.1 Å². The van der Waals surface area contributed by atoms with Gasteiger partial charge < -0.3 is 0 Å². The summed E-state index contributed by atoms with van der Waals surface area (Å²) in [6.45, 7) is 0. The highest BCUT2D eigenvalue weighted by Gasteiger charge is 2.34. The van der Waals surface area contributed by atoms with Gasteiger partial charge in [-0.25, -0.2) is 0 Å². The van der Waals surface area contributed by atoms with Gasteiger partial charge in [-0.3, -0.25) is 8.99 Å². The second-order valence-corrected chi connectivity index (χ2v) is 7.91. The molecule has 1 saturated carbocycles. The van der Waals surface area contributed by atoms with Crippen LogP contribution in [0.1, 0.15) is 32.1 Å². The van der Waals surface area contributed by atoms with Crippen LogP contribution >= 0.6 is 11.3 Å².